The molecule has 0 fully saturated rings. The van der Waals surface area contributed by atoms with Crippen molar-refractivity contribution < 1.29 is 0 Å². The van der Waals surface area contributed by atoms with Crippen LogP contribution < -0.4 is 10.2 Å². The van der Waals surface area contributed by atoms with Gasteiger partial charge in [-0.1, -0.05) is 57.6 Å². The van der Waals surface area contributed by atoms with E-state index in [-0.39, 0.29) is 0 Å². The zero-order valence-corrected chi connectivity index (χ0v) is 13.8. The van der Waals surface area contributed by atoms with Gasteiger partial charge in [0, 0.05) is 25.8 Å². The Morgan fingerprint density at radius 3 is 2.10 bits per heavy atom. The van der Waals surface area contributed by atoms with Crippen molar-refractivity contribution in [2.24, 2.45) is 0 Å². The number of nitrogens with zero attached hydrogens (tertiary/aromatic N) is 1. The quantitative estimate of drug-likeness (QED) is 0.620. The van der Waals surface area contributed by atoms with Crippen molar-refractivity contribution in [3.8, 4) is 0 Å². The number of benzene rings is 1. The minimum Gasteiger partial charge on any atom is -0.378 e. The van der Waals surface area contributed by atoms with Crippen LogP contribution in [0, 0.1) is 0 Å². The Bertz CT molecular complexity index is 343. The molecule has 0 radical (unpaired) electrons. The molecule has 0 aliphatic carbocycles. The summed E-state index contributed by atoms with van der Waals surface area (Å²) < 4.78 is 0. The van der Waals surface area contributed by atoms with Crippen LogP contribution in [0.5, 0.6) is 0 Å². The van der Waals surface area contributed by atoms with Crippen molar-refractivity contribution in [1.82, 2.24) is 5.32 Å². The Kier molecular flexibility index (Phi) is 8.36. The lowest BCUT2D eigenvalue weighted by atomic mass is 9.99. The third kappa shape index (κ3) is 5.96. The second-order valence-corrected chi connectivity index (χ2v) is 5.88. The fourth-order valence-corrected chi connectivity index (χ4v) is 2.61. The standard InChI is InChI=1S/C18H32N2/c1-5-6-7-8-9-10-11-18(19-2)16-12-14-17(15-13-16)20(3)4/h12-15,18-19H,5-11H2,1-4H3. The smallest absolute Gasteiger partial charge is 0.0361 e. The predicted molar refractivity (Wildman–Crippen MR) is 90.6 cm³/mol. The molecule has 114 valence electrons. The van der Waals surface area contributed by atoms with Gasteiger partial charge in [-0.25, -0.2) is 0 Å². The van der Waals surface area contributed by atoms with Crippen LogP contribution in [0.4, 0.5) is 5.69 Å². The maximum absolute atomic E-state index is 3.46. The normalized spacial score (nSPS) is 12.4. The zero-order chi connectivity index (χ0) is 14.8. The van der Waals surface area contributed by atoms with Crippen molar-refractivity contribution in [3.05, 3.63) is 29.8 Å². The highest BCUT2D eigenvalue weighted by Crippen LogP contribution is 2.22. The van der Waals surface area contributed by atoms with Gasteiger partial charge in [0.25, 0.3) is 0 Å². The van der Waals surface area contributed by atoms with Gasteiger partial charge in [-0.05, 0) is 31.2 Å². The van der Waals surface area contributed by atoms with E-state index in [2.05, 4.69) is 62.5 Å². The molecule has 1 rings (SSSR count). The molecule has 0 saturated heterocycles. The molecular weight excluding hydrogens is 244 g/mol. The van der Waals surface area contributed by atoms with E-state index in [4.69, 9.17) is 0 Å². The van der Waals surface area contributed by atoms with Gasteiger partial charge in [-0.2, -0.15) is 0 Å². The number of hydrogen-bond donors (Lipinski definition) is 1. The molecule has 1 unspecified atom stereocenters. The first-order chi connectivity index (χ1) is 9.69. The summed E-state index contributed by atoms with van der Waals surface area (Å²) in [6, 6.07) is 9.43. The van der Waals surface area contributed by atoms with Gasteiger partial charge in [0.05, 0.1) is 0 Å². The molecule has 2 heteroatoms. The highest BCUT2D eigenvalue weighted by Gasteiger charge is 2.08. The van der Waals surface area contributed by atoms with Crippen molar-refractivity contribution in [2.45, 2.75) is 57.9 Å². The number of unbranched alkanes of at least 4 members (excludes halogenated alkanes) is 5. The van der Waals surface area contributed by atoms with Gasteiger partial charge in [0.15, 0.2) is 0 Å². The number of hydrogen-bond acceptors (Lipinski definition) is 2. The van der Waals surface area contributed by atoms with Gasteiger partial charge in [0.2, 0.25) is 0 Å². The Balaban J connectivity index is 2.37. The SMILES string of the molecule is CCCCCCCCC(NC)c1ccc(N(C)C)cc1. The summed E-state index contributed by atoms with van der Waals surface area (Å²) in [6.45, 7) is 2.27. The Labute approximate surface area is 125 Å². The van der Waals surface area contributed by atoms with Crippen LogP contribution in [0.15, 0.2) is 24.3 Å². The summed E-state index contributed by atoms with van der Waals surface area (Å²) in [5.41, 5.74) is 2.68. The van der Waals surface area contributed by atoms with E-state index in [0.717, 1.165) is 0 Å². The average molecular weight is 276 g/mol. The van der Waals surface area contributed by atoms with Gasteiger partial charge in [0.1, 0.15) is 0 Å². The van der Waals surface area contributed by atoms with E-state index in [1.807, 2.05) is 0 Å². The molecule has 0 bridgehead atoms. The second-order valence-electron chi connectivity index (χ2n) is 5.88. The van der Waals surface area contributed by atoms with Gasteiger partial charge < -0.3 is 10.2 Å². The average Bonchev–Trinajstić information content (AvgIpc) is 2.47. The number of anilines is 1. The fourth-order valence-electron chi connectivity index (χ4n) is 2.61. The second kappa shape index (κ2) is 9.82. The van der Waals surface area contributed by atoms with Gasteiger partial charge in [-0.15, -0.1) is 0 Å². The predicted octanol–water partition coefficient (Wildman–Crippen LogP) is 4.76. The van der Waals surface area contributed by atoms with Gasteiger partial charge >= 0.3 is 0 Å². The minimum absolute atomic E-state index is 0.498. The maximum atomic E-state index is 3.46. The lowest BCUT2D eigenvalue weighted by molar-refractivity contribution is 0.498. The van der Waals surface area contributed by atoms with Crippen LogP contribution >= 0.6 is 0 Å². The summed E-state index contributed by atoms with van der Waals surface area (Å²) in [5.74, 6) is 0. The zero-order valence-electron chi connectivity index (χ0n) is 13.8. The molecule has 20 heavy (non-hydrogen) atoms. The molecular formula is C18H32N2. The highest BCUT2D eigenvalue weighted by molar-refractivity contribution is 5.46. The van der Waals surface area contributed by atoms with Crippen molar-refractivity contribution >= 4 is 5.69 Å². The largest absolute Gasteiger partial charge is 0.378 e. The molecule has 0 spiro atoms. The first-order valence-electron chi connectivity index (χ1n) is 8.13. The third-order valence-electron chi connectivity index (χ3n) is 4.01. The Morgan fingerprint density at radius 2 is 1.55 bits per heavy atom. The topological polar surface area (TPSA) is 15.3 Å². The maximum Gasteiger partial charge on any atom is 0.0361 e. The molecule has 1 atom stereocenters. The summed E-state index contributed by atoms with van der Waals surface area (Å²) in [4.78, 5) is 2.14. The molecule has 0 aliphatic rings. The van der Waals surface area contributed by atoms with Crippen molar-refractivity contribution in [3.63, 3.8) is 0 Å². The van der Waals surface area contributed by atoms with Gasteiger partial charge in [-0.3, -0.25) is 0 Å². The first-order valence-corrected chi connectivity index (χ1v) is 8.13. The van der Waals surface area contributed by atoms with Crippen molar-refractivity contribution in [2.75, 3.05) is 26.0 Å². The summed E-state index contributed by atoms with van der Waals surface area (Å²) >= 11 is 0. The Morgan fingerprint density at radius 1 is 0.950 bits per heavy atom. The highest BCUT2D eigenvalue weighted by atomic mass is 15.1. The van der Waals surface area contributed by atoms with Crippen LogP contribution in [0.25, 0.3) is 0 Å². The van der Waals surface area contributed by atoms with E-state index >= 15 is 0 Å². The fraction of sp³-hybridized carbons (Fsp3) is 0.667. The molecule has 1 N–H and O–H groups in total. The molecule has 0 heterocycles. The lowest BCUT2D eigenvalue weighted by Gasteiger charge is -2.18. The number of nitrogens with one attached hydrogen (secondary N) is 1. The molecule has 0 aliphatic heterocycles. The molecule has 1 aromatic rings. The van der Waals surface area contributed by atoms with E-state index in [1.54, 1.807) is 0 Å². The van der Waals surface area contributed by atoms with E-state index in [0.29, 0.717) is 6.04 Å². The summed E-state index contributed by atoms with van der Waals surface area (Å²) in [6.07, 6.45) is 9.45. The Hall–Kier alpha value is -1.02. The first kappa shape index (κ1) is 17.0. The van der Waals surface area contributed by atoms with Crippen LogP contribution in [0.1, 0.15) is 63.5 Å². The van der Waals surface area contributed by atoms with Crippen LogP contribution in [-0.2, 0) is 0 Å². The van der Waals surface area contributed by atoms with E-state index in [9.17, 15) is 0 Å². The van der Waals surface area contributed by atoms with Crippen LogP contribution in [-0.4, -0.2) is 21.1 Å². The van der Waals surface area contributed by atoms with E-state index in [1.165, 1.54) is 56.2 Å². The lowest BCUT2D eigenvalue weighted by Crippen LogP contribution is -2.16. The summed E-state index contributed by atoms with van der Waals surface area (Å²) in [7, 11) is 6.24. The molecule has 2 nitrogen and oxygen atoms in total. The molecule has 0 saturated carbocycles. The van der Waals surface area contributed by atoms with Crippen LogP contribution in [0.3, 0.4) is 0 Å². The minimum atomic E-state index is 0.498. The monoisotopic (exact) mass is 276 g/mol. The molecule has 0 amide bonds. The van der Waals surface area contributed by atoms with E-state index < -0.39 is 0 Å². The molecule has 1 aromatic carbocycles. The number of rotatable bonds is 10. The third-order valence-corrected chi connectivity index (χ3v) is 4.01. The van der Waals surface area contributed by atoms with Crippen molar-refractivity contribution in [1.29, 1.82) is 0 Å². The molecule has 0 aromatic heterocycles. The summed E-state index contributed by atoms with van der Waals surface area (Å²) in [5, 5.41) is 3.46. The van der Waals surface area contributed by atoms with Crippen LogP contribution in [0.2, 0.25) is 0 Å².